The van der Waals surface area contributed by atoms with Crippen LogP contribution in [0.1, 0.15) is 36.7 Å². The Morgan fingerprint density at radius 1 is 1.23 bits per heavy atom. The lowest BCUT2D eigenvalue weighted by atomic mass is 9.75. The number of hydrogen-bond donors (Lipinski definition) is 0. The van der Waals surface area contributed by atoms with E-state index in [1.54, 1.807) is 16.5 Å². The molecule has 0 spiro atoms. The largest absolute Gasteiger partial charge is 0.466 e. The second kappa shape index (κ2) is 8.93. The quantitative estimate of drug-likeness (QED) is 0.675. The Balaban J connectivity index is 1.84. The Hall–Kier alpha value is -2.77. The predicted molar refractivity (Wildman–Crippen MR) is 107 cm³/mol. The number of esters is 1. The number of amides is 1. The standard InChI is InChI=1S/C22H27F2N3O3/c1-4-30-21(29)22(12-17-6-7-18(23)11-19(17)24)8-5-9-26(14-22)20(28)13-27-16(3)10-15(2)25-27/h6-7,10-11H,4-5,8-9,12-14H2,1-3H3/t22-/m1/s1. The number of carbonyl (C=O) groups excluding carboxylic acids is 2. The molecule has 1 saturated heterocycles. The maximum atomic E-state index is 14.3. The fourth-order valence-electron chi connectivity index (χ4n) is 4.10. The molecule has 162 valence electrons. The fourth-order valence-corrected chi connectivity index (χ4v) is 4.10. The van der Waals surface area contributed by atoms with E-state index in [1.165, 1.54) is 12.1 Å². The van der Waals surface area contributed by atoms with Crippen molar-refractivity contribution in [3.8, 4) is 0 Å². The zero-order valence-corrected chi connectivity index (χ0v) is 17.6. The Morgan fingerprint density at radius 2 is 2.00 bits per heavy atom. The van der Waals surface area contributed by atoms with Crippen LogP contribution in [0.3, 0.4) is 0 Å². The highest BCUT2D eigenvalue weighted by Crippen LogP contribution is 2.36. The maximum absolute atomic E-state index is 14.3. The van der Waals surface area contributed by atoms with Gasteiger partial charge in [0.05, 0.1) is 17.7 Å². The Bertz CT molecular complexity index is 944. The Labute approximate surface area is 174 Å². The van der Waals surface area contributed by atoms with E-state index in [1.807, 2.05) is 19.9 Å². The molecular weight excluding hydrogens is 392 g/mol. The summed E-state index contributed by atoms with van der Waals surface area (Å²) in [4.78, 5) is 27.5. The van der Waals surface area contributed by atoms with Gasteiger partial charge in [-0.05, 0) is 57.7 Å². The van der Waals surface area contributed by atoms with Crippen molar-refractivity contribution in [2.75, 3.05) is 19.7 Å². The van der Waals surface area contributed by atoms with Gasteiger partial charge in [0.1, 0.15) is 18.2 Å². The molecule has 0 N–H and O–H groups in total. The Kier molecular flexibility index (Phi) is 6.53. The van der Waals surface area contributed by atoms with Crippen LogP contribution >= 0.6 is 0 Å². The predicted octanol–water partition coefficient (Wildman–Crippen LogP) is 3.19. The van der Waals surface area contributed by atoms with E-state index < -0.39 is 23.0 Å². The summed E-state index contributed by atoms with van der Waals surface area (Å²) in [5.41, 5.74) is 0.865. The maximum Gasteiger partial charge on any atom is 0.314 e. The number of rotatable bonds is 6. The molecule has 0 radical (unpaired) electrons. The number of halogens is 2. The van der Waals surface area contributed by atoms with Gasteiger partial charge in [0.2, 0.25) is 5.91 Å². The molecule has 2 aromatic rings. The average molecular weight is 419 g/mol. The van der Waals surface area contributed by atoms with E-state index in [-0.39, 0.29) is 37.6 Å². The average Bonchev–Trinajstić information content (AvgIpc) is 3.01. The molecule has 0 saturated carbocycles. The fraction of sp³-hybridized carbons (Fsp3) is 0.500. The molecule has 1 atom stereocenters. The molecule has 2 heterocycles. The topological polar surface area (TPSA) is 64.4 Å². The third kappa shape index (κ3) is 4.68. The number of aromatic nitrogens is 2. The zero-order valence-electron chi connectivity index (χ0n) is 17.6. The lowest BCUT2D eigenvalue weighted by Crippen LogP contribution is -2.52. The number of piperidine rings is 1. The Morgan fingerprint density at radius 3 is 2.63 bits per heavy atom. The van der Waals surface area contributed by atoms with Gasteiger partial charge in [-0.2, -0.15) is 5.10 Å². The monoisotopic (exact) mass is 419 g/mol. The SMILES string of the molecule is CCOC(=O)[C@@]1(Cc2ccc(F)cc2F)CCCN(C(=O)Cn2nc(C)cc2C)C1. The van der Waals surface area contributed by atoms with Crippen LogP contribution in [0.15, 0.2) is 24.3 Å². The molecule has 6 nitrogen and oxygen atoms in total. The summed E-state index contributed by atoms with van der Waals surface area (Å²) in [6.45, 7) is 6.34. The van der Waals surface area contributed by atoms with Crippen LogP contribution in [0.2, 0.25) is 0 Å². The minimum absolute atomic E-state index is 0.0433. The number of ether oxygens (including phenoxy) is 1. The van der Waals surface area contributed by atoms with Crippen molar-refractivity contribution in [3.63, 3.8) is 0 Å². The van der Waals surface area contributed by atoms with E-state index in [0.29, 0.717) is 19.4 Å². The smallest absolute Gasteiger partial charge is 0.314 e. The second-order valence-corrected chi connectivity index (χ2v) is 7.92. The van der Waals surface area contributed by atoms with Crippen LogP contribution in [0.4, 0.5) is 8.78 Å². The summed E-state index contributed by atoms with van der Waals surface area (Å²) in [6.07, 6.45) is 1.10. The van der Waals surface area contributed by atoms with Gasteiger partial charge < -0.3 is 9.64 Å². The number of carbonyl (C=O) groups is 2. The first kappa shape index (κ1) is 21.9. The molecule has 1 fully saturated rings. The van der Waals surface area contributed by atoms with Crippen LogP contribution < -0.4 is 0 Å². The number of hydrogen-bond acceptors (Lipinski definition) is 4. The lowest BCUT2D eigenvalue weighted by molar-refractivity contribution is -0.161. The van der Waals surface area contributed by atoms with E-state index in [9.17, 15) is 18.4 Å². The molecule has 1 aromatic carbocycles. The highest BCUT2D eigenvalue weighted by Gasteiger charge is 2.45. The lowest BCUT2D eigenvalue weighted by Gasteiger charge is -2.41. The molecule has 1 aromatic heterocycles. The van der Waals surface area contributed by atoms with Gasteiger partial charge in [-0.1, -0.05) is 6.07 Å². The first-order chi connectivity index (χ1) is 14.2. The molecule has 0 unspecified atom stereocenters. The van der Waals surface area contributed by atoms with E-state index >= 15 is 0 Å². The third-order valence-electron chi connectivity index (χ3n) is 5.57. The van der Waals surface area contributed by atoms with Gasteiger partial charge in [-0.15, -0.1) is 0 Å². The summed E-state index contributed by atoms with van der Waals surface area (Å²) in [5, 5.41) is 4.33. The molecule has 1 aliphatic heterocycles. The molecule has 1 amide bonds. The van der Waals surface area contributed by atoms with E-state index in [2.05, 4.69) is 5.10 Å². The molecule has 8 heteroatoms. The van der Waals surface area contributed by atoms with Crippen molar-refractivity contribution in [1.29, 1.82) is 0 Å². The van der Waals surface area contributed by atoms with E-state index in [0.717, 1.165) is 17.5 Å². The summed E-state index contributed by atoms with van der Waals surface area (Å²) < 4.78 is 34.6. The van der Waals surface area contributed by atoms with Crippen molar-refractivity contribution in [3.05, 3.63) is 52.9 Å². The van der Waals surface area contributed by atoms with Gasteiger partial charge in [0.15, 0.2) is 0 Å². The summed E-state index contributed by atoms with van der Waals surface area (Å²) in [7, 11) is 0. The van der Waals surface area contributed by atoms with Crippen molar-refractivity contribution in [2.24, 2.45) is 5.41 Å². The minimum atomic E-state index is -1.07. The van der Waals surface area contributed by atoms with Gasteiger partial charge in [0.25, 0.3) is 0 Å². The molecule has 3 rings (SSSR count). The molecule has 30 heavy (non-hydrogen) atoms. The number of likely N-dealkylation sites (tertiary alicyclic amines) is 1. The normalized spacial score (nSPS) is 19.0. The van der Waals surface area contributed by atoms with Crippen LogP contribution in [-0.2, 0) is 27.3 Å². The van der Waals surface area contributed by atoms with Crippen LogP contribution in [-0.4, -0.2) is 46.3 Å². The second-order valence-electron chi connectivity index (χ2n) is 7.92. The van der Waals surface area contributed by atoms with Gasteiger partial charge in [0, 0.05) is 24.8 Å². The summed E-state index contributed by atoms with van der Waals surface area (Å²) in [5.74, 6) is -2.00. The highest BCUT2D eigenvalue weighted by atomic mass is 19.1. The van der Waals surface area contributed by atoms with Gasteiger partial charge >= 0.3 is 5.97 Å². The van der Waals surface area contributed by atoms with Crippen LogP contribution in [0.25, 0.3) is 0 Å². The summed E-state index contributed by atoms with van der Waals surface area (Å²) in [6, 6.07) is 5.22. The molecule has 0 aliphatic carbocycles. The molecule has 1 aliphatic rings. The summed E-state index contributed by atoms with van der Waals surface area (Å²) >= 11 is 0. The first-order valence-electron chi connectivity index (χ1n) is 10.1. The van der Waals surface area contributed by atoms with Crippen molar-refractivity contribution < 1.29 is 23.1 Å². The molecule has 0 bridgehead atoms. The van der Waals surface area contributed by atoms with Gasteiger partial charge in [-0.25, -0.2) is 8.78 Å². The van der Waals surface area contributed by atoms with Crippen LogP contribution in [0, 0.1) is 30.9 Å². The third-order valence-corrected chi connectivity index (χ3v) is 5.57. The van der Waals surface area contributed by atoms with Crippen molar-refractivity contribution in [2.45, 2.75) is 46.6 Å². The van der Waals surface area contributed by atoms with Crippen molar-refractivity contribution >= 4 is 11.9 Å². The number of nitrogens with zero attached hydrogens (tertiary/aromatic N) is 3. The van der Waals surface area contributed by atoms with Crippen molar-refractivity contribution in [1.82, 2.24) is 14.7 Å². The van der Waals surface area contributed by atoms with Crippen LogP contribution in [0.5, 0.6) is 0 Å². The number of benzene rings is 1. The molecular formula is C22H27F2N3O3. The first-order valence-corrected chi connectivity index (χ1v) is 10.1. The minimum Gasteiger partial charge on any atom is -0.466 e. The zero-order chi connectivity index (χ0) is 21.9. The number of aryl methyl sites for hydroxylation is 2. The highest BCUT2D eigenvalue weighted by molar-refractivity contribution is 5.81. The van der Waals surface area contributed by atoms with E-state index in [4.69, 9.17) is 4.74 Å². The van der Waals surface area contributed by atoms with Gasteiger partial charge in [-0.3, -0.25) is 14.3 Å².